The van der Waals surface area contributed by atoms with Gasteiger partial charge in [-0.1, -0.05) is 18.3 Å². The highest BCUT2D eigenvalue weighted by Crippen LogP contribution is 2.24. The molecule has 0 aliphatic carbocycles. The van der Waals surface area contributed by atoms with Crippen LogP contribution in [0, 0.1) is 0 Å². The van der Waals surface area contributed by atoms with Crippen molar-refractivity contribution in [3.8, 4) is 0 Å². The molecule has 0 radical (unpaired) electrons. The second-order valence-electron chi connectivity index (χ2n) is 4.05. The van der Waals surface area contributed by atoms with Gasteiger partial charge in [-0.3, -0.25) is 4.79 Å². The van der Waals surface area contributed by atoms with Gasteiger partial charge in [0.1, 0.15) is 10.7 Å². The Morgan fingerprint density at radius 2 is 2.28 bits per heavy atom. The molecule has 0 aliphatic rings. The predicted octanol–water partition coefficient (Wildman–Crippen LogP) is 1.05. The smallest absolute Gasteiger partial charge is 0.265 e. The van der Waals surface area contributed by atoms with Crippen LogP contribution in [0.3, 0.4) is 0 Å². The van der Waals surface area contributed by atoms with E-state index in [1.807, 2.05) is 6.92 Å². The fourth-order valence-electron chi connectivity index (χ4n) is 1.28. The van der Waals surface area contributed by atoms with Crippen molar-refractivity contribution in [1.82, 2.24) is 10.3 Å². The maximum atomic E-state index is 11.8. The van der Waals surface area contributed by atoms with Crippen LogP contribution in [0.25, 0.3) is 0 Å². The molecule has 0 bridgehead atoms. The fraction of sp³-hybridized carbons (Fsp3) is 0.636. The Hall–Kier alpha value is -1.34. The molecule has 1 atom stereocenters. The van der Waals surface area contributed by atoms with Crippen LogP contribution < -0.4 is 16.4 Å². The molecule has 1 aromatic rings. The lowest BCUT2D eigenvalue weighted by Gasteiger charge is -2.05. The Labute approximate surface area is 111 Å². The van der Waals surface area contributed by atoms with Crippen LogP contribution >= 0.6 is 11.3 Å². The molecule has 0 saturated heterocycles. The van der Waals surface area contributed by atoms with Gasteiger partial charge in [0, 0.05) is 13.1 Å². The first-order valence-corrected chi connectivity index (χ1v) is 6.82. The standard InChI is InChI=1S/C11H20N4O2S/c1-3-5-14-11-15-9(12)8(18-11)10(17)13-6-4-7(2)16/h7,16H,3-6,12H2,1-2H3,(H,13,17)(H,14,15). The molecule has 0 aromatic carbocycles. The van der Waals surface area contributed by atoms with Gasteiger partial charge in [-0.05, 0) is 19.8 Å². The van der Waals surface area contributed by atoms with Crippen molar-refractivity contribution in [2.45, 2.75) is 32.8 Å². The SMILES string of the molecule is CCCNc1nc(N)c(C(=O)NCCC(C)O)s1. The minimum atomic E-state index is -0.425. The number of nitrogens with one attached hydrogen (secondary N) is 2. The van der Waals surface area contributed by atoms with E-state index < -0.39 is 6.10 Å². The minimum Gasteiger partial charge on any atom is -0.393 e. The Bertz CT molecular complexity index is 392. The molecule has 18 heavy (non-hydrogen) atoms. The average Bonchev–Trinajstić information content (AvgIpc) is 2.67. The lowest BCUT2D eigenvalue weighted by atomic mass is 10.3. The van der Waals surface area contributed by atoms with E-state index in [1.165, 1.54) is 11.3 Å². The van der Waals surface area contributed by atoms with Gasteiger partial charge < -0.3 is 21.5 Å². The number of nitrogens with two attached hydrogens (primary N) is 1. The topological polar surface area (TPSA) is 100 Å². The Morgan fingerprint density at radius 1 is 1.56 bits per heavy atom. The van der Waals surface area contributed by atoms with Gasteiger partial charge in [0.2, 0.25) is 0 Å². The van der Waals surface area contributed by atoms with Crippen LogP contribution in [0.2, 0.25) is 0 Å². The molecular formula is C11H20N4O2S. The van der Waals surface area contributed by atoms with E-state index in [2.05, 4.69) is 15.6 Å². The molecule has 1 heterocycles. The number of nitrogen functional groups attached to an aromatic ring is 1. The molecule has 5 N–H and O–H groups in total. The first-order chi connectivity index (χ1) is 8.54. The Balaban J connectivity index is 2.54. The highest BCUT2D eigenvalue weighted by molar-refractivity contribution is 7.18. The lowest BCUT2D eigenvalue weighted by molar-refractivity contribution is 0.0950. The number of aromatic nitrogens is 1. The number of hydrogen-bond donors (Lipinski definition) is 4. The van der Waals surface area contributed by atoms with Crippen molar-refractivity contribution in [1.29, 1.82) is 0 Å². The summed E-state index contributed by atoms with van der Waals surface area (Å²) in [6, 6.07) is 0. The first kappa shape index (κ1) is 14.7. The number of nitrogens with zero attached hydrogens (tertiary/aromatic N) is 1. The molecule has 1 rings (SSSR count). The summed E-state index contributed by atoms with van der Waals surface area (Å²) in [6.07, 6.45) is 1.08. The zero-order valence-electron chi connectivity index (χ0n) is 10.7. The van der Waals surface area contributed by atoms with Crippen molar-refractivity contribution in [3.05, 3.63) is 4.88 Å². The fourth-order valence-corrected chi connectivity index (χ4v) is 2.10. The van der Waals surface area contributed by atoms with Crippen molar-refractivity contribution in [2.24, 2.45) is 0 Å². The number of aliphatic hydroxyl groups excluding tert-OH is 1. The molecule has 0 spiro atoms. The quantitative estimate of drug-likeness (QED) is 0.594. The van der Waals surface area contributed by atoms with Gasteiger partial charge >= 0.3 is 0 Å². The molecule has 1 amide bonds. The molecular weight excluding hydrogens is 252 g/mol. The van der Waals surface area contributed by atoms with E-state index in [1.54, 1.807) is 6.92 Å². The van der Waals surface area contributed by atoms with Gasteiger partial charge in [0.15, 0.2) is 5.13 Å². The van der Waals surface area contributed by atoms with E-state index in [0.717, 1.165) is 13.0 Å². The molecule has 6 nitrogen and oxygen atoms in total. The number of carbonyl (C=O) groups excluding carboxylic acids is 1. The van der Waals surface area contributed by atoms with E-state index in [0.29, 0.717) is 23.0 Å². The summed E-state index contributed by atoms with van der Waals surface area (Å²) in [5.41, 5.74) is 5.69. The van der Waals surface area contributed by atoms with Gasteiger partial charge in [0.05, 0.1) is 6.10 Å². The second kappa shape index (κ2) is 7.17. The number of aliphatic hydroxyl groups is 1. The van der Waals surface area contributed by atoms with Crippen LogP contribution in [-0.2, 0) is 0 Å². The lowest BCUT2D eigenvalue weighted by Crippen LogP contribution is -2.26. The second-order valence-corrected chi connectivity index (χ2v) is 5.05. The zero-order valence-corrected chi connectivity index (χ0v) is 11.5. The molecule has 0 aliphatic heterocycles. The highest BCUT2D eigenvalue weighted by Gasteiger charge is 2.15. The van der Waals surface area contributed by atoms with Crippen molar-refractivity contribution in [2.75, 3.05) is 24.1 Å². The summed E-state index contributed by atoms with van der Waals surface area (Å²) in [4.78, 5) is 16.3. The van der Waals surface area contributed by atoms with Gasteiger partial charge in [-0.15, -0.1) is 0 Å². The van der Waals surface area contributed by atoms with Crippen molar-refractivity contribution in [3.63, 3.8) is 0 Å². The Kier molecular flexibility index (Phi) is 5.87. The van der Waals surface area contributed by atoms with Gasteiger partial charge in [0.25, 0.3) is 5.91 Å². The largest absolute Gasteiger partial charge is 0.393 e. The number of carbonyl (C=O) groups is 1. The third kappa shape index (κ3) is 4.50. The third-order valence-electron chi connectivity index (χ3n) is 2.23. The predicted molar refractivity (Wildman–Crippen MR) is 73.9 cm³/mol. The van der Waals surface area contributed by atoms with Gasteiger partial charge in [-0.2, -0.15) is 0 Å². The van der Waals surface area contributed by atoms with Crippen molar-refractivity contribution >= 4 is 28.2 Å². The first-order valence-electron chi connectivity index (χ1n) is 6.01. The van der Waals surface area contributed by atoms with Crippen LogP contribution in [0.1, 0.15) is 36.4 Å². The molecule has 7 heteroatoms. The molecule has 102 valence electrons. The summed E-state index contributed by atoms with van der Waals surface area (Å²) >= 11 is 1.24. The number of amides is 1. The van der Waals surface area contributed by atoms with E-state index in [4.69, 9.17) is 10.8 Å². The van der Waals surface area contributed by atoms with Crippen LogP contribution in [-0.4, -0.2) is 35.2 Å². The van der Waals surface area contributed by atoms with Gasteiger partial charge in [-0.25, -0.2) is 4.98 Å². The summed E-state index contributed by atoms with van der Waals surface area (Å²) in [7, 11) is 0. The number of rotatable bonds is 7. The maximum absolute atomic E-state index is 11.8. The van der Waals surface area contributed by atoms with E-state index in [9.17, 15) is 4.79 Å². The average molecular weight is 272 g/mol. The summed E-state index contributed by atoms with van der Waals surface area (Å²) in [5, 5.41) is 15.6. The number of thiazole rings is 1. The van der Waals surface area contributed by atoms with Crippen LogP contribution in [0.5, 0.6) is 0 Å². The Morgan fingerprint density at radius 3 is 2.89 bits per heavy atom. The monoisotopic (exact) mass is 272 g/mol. The van der Waals surface area contributed by atoms with Crippen molar-refractivity contribution < 1.29 is 9.90 Å². The third-order valence-corrected chi connectivity index (χ3v) is 3.26. The molecule has 1 aromatic heterocycles. The summed E-state index contributed by atoms with van der Waals surface area (Å²) in [6.45, 7) is 4.95. The van der Waals surface area contributed by atoms with E-state index >= 15 is 0 Å². The molecule has 0 saturated carbocycles. The molecule has 0 fully saturated rings. The van der Waals surface area contributed by atoms with Crippen LogP contribution in [0.4, 0.5) is 10.9 Å². The minimum absolute atomic E-state index is 0.241. The maximum Gasteiger partial charge on any atom is 0.265 e. The highest BCUT2D eigenvalue weighted by atomic mass is 32.1. The van der Waals surface area contributed by atoms with E-state index in [-0.39, 0.29) is 11.7 Å². The normalized spacial score (nSPS) is 12.2. The molecule has 1 unspecified atom stereocenters. The van der Waals surface area contributed by atoms with Crippen LogP contribution in [0.15, 0.2) is 0 Å². The number of hydrogen-bond acceptors (Lipinski definition) is 6. The number of anilines is 2. The summed E-state index contributed by atoms with van der Waals surface area (Å²) < 4.78 is 0. The zero-order chi connectivity index (χ0) is 13.5. The summed E-state index contributed by atoms with van der Waals surface area (Å²) in [5.74, 6) is 0.00310.